The fourth-order valence-electron chi connectivity index (χ4n) is 5.01. The number of rotatable bonds is 13. The van der Waals surface area contributed by atoms with E-state index in [2.05, 4.69) is 36.5 Å². The fourth-order valence-corrected chi connectivity index (χ4v) is 6.11. The molecular formula is C32H33BrFN5O4S. The van der Waals surface area contributed by atoms with Crippen molar-refractivity contribution in [1.29, 1.82) is 0 Å². The lowest BCUT2D eigenvalue weighted by Gasteiger charge is -2.28. The third-order valence-corrected chi connectivity index (χ3v) is 9.06. The highest BCUT2D eigenvalue weighted by Crippen LogP contribution is 2.39. The molecule has 1 atom stereocenters. The summed E-state index contributed by atoms with van der Waals surface area (Å²) >= 11 is 3.58. The summed E-state index contributed by atoms with van der Waals surface area (Å²) in [6.07, 6.45) is 9.02. The molecule has 0 saturated heterocycles. The van der Waals surface area contributed by atoms with Gasteiger partial charge in [-0.15, -0.1) is 0 Å². The number of nitrogens with one attached hydrogen (secondary N) is 2. The second kappa shape index (κ2) is 14.3. The second-order valence-corrected chi connectivity index (χ2v) is 12.7. The summed E-state index contributed by atoms with van der Waals surface area (Å²) in [6.45, 7) is 4.95. The molecule has 0 spiro atoms. The standard InChI is InChI=1S/C32H33BrFN5O4S/c1-21(2)29(44(40)41)18-35-12-4-10-32(11-5-13-43-32)30-16-25-27(17-36-30)37-20-38-31(25)39-24-8-9-28(26(33)15-24)42-19-22-6-3-7-23(34)14-22/h3,5-9,13-17,20-21,35H,4,10-12,18-19H2,1-2H3,(H,37,38,39). The molecule has 1 unspecified atom stereocenters. The largest absolute Gasteiger partial charge is 0.489 e. The fraction of sp³-hybridized carbons (Fsp3) is 0.312. The molecule has 0 saturated carbocycles. The molecule has 12 heteroatoms. The minimum absolute atomic E-state index is 0.0412. The minimum atomic E-state index is -2.20. The molecule has 230 valence electrons. The van der Waals surface area contributed by atoms with Crippen LogP contribution in [0.1, 0.15) is 44.4 Å². The average molecular weight is 683 g/mol. The zero-order valence-electron chi connectivity index (χ0n) is 24.4. The summed E-state index contributed by atoms with van der Waals surface area (Å²) in [6, 6.07) is 13.9. The highest BCUT2D eigenvalue weighted by atomic mass is 79.9. The van der Waals surface area contributed by atoms with Crippen LogP contribution in [0.15, 0.2) is 77.9 Å². The molecule has 0 bridgehead atoms. The molecule has 1 aliphatic rings. The zero-order valence-corrected chi connectivity index (χ0v) is 26.8. The Balaban J connectivity index is 1.29. The highest BCUT2D eigenvalue weighted by Gasteiger charge is 2.36. The topological polar surface area (TPSA) is 115 Å². The molecule has 4 aromatic rings. The van der Waals surface area contributed by atoms with Gasteiger partial charge in [0.2, 0.25) is 10.3 Å². The molecule has 5 rings (SSSR count). The van der Waals surface area contributed by atoms with Crippen LogP contribution in [-0.4, -0.2) is 41.3 Å². The molecule has 0 fully saturated rings. The van der Waals surface area contributed by atoms with Gasteiger partial charge in [-0.05, 0) is 89.3 Å². The van der Waals surface area contributed by atoms with Crippen LogP contribution in [0.3, 0.4) is 0 Å². The zero-order chi connectivity index (χ0) is 31.1. The van der Waals surface area contributed by atoms with Gasteiger partial charge in [-0.2, -0.15) is 8.42 Å². The molecule has 3 heterocycles. The van der Waals surface area contributed by atoms with Gasteiger partial charge in [0.1, 0.15) is 30.3 Å². The Morgan fingerprint density at radius 1 is 1.16 bits per heavy atom. The minimum Gasteiger partial charge on any atom is -0.489 e. The third kappa shape index (κ3) is 7.61. The van der Waals surface area contributed by atoms with Crippen LogP contribution in [0.5, 0.6) is 5.75 Å². The van der Waals surface area contributed by atoms with Gasteiger partial charge in [-0.1, -0.05) is 26.0 Å². The van der Waals surface area contributed by atoms with E-state index in [4.69, 9.17) is 14.5 Å². The first-order valence-electron chi connectivity index (χ1n) is 14.3. The molecule has 0 amide bonds. The number of ether oxygens (including phenoxy) is 2. The molecular weight excluding hydrogens is 649 g/mol. The lowest BCUT2D eigenvalue weighted by Crippen LogP contribution is -2.31. The molecule has 44 heavy (non-hydrogen) atoms. The van der Waals surface area contributed by atoms with Crippen LogP contribution in [0, 0.1) is 11.7 Å². The van der Waals surface area contributed by atoms with Crippen molar-refractivity contribution in [2.45, 2.75) is 45.3 Å². The predicted octanol–water partition coefficient (Wildman–Crippen LogP) is 6.46. The first kappa shape index (κ1) is 31.6. The second-order valence-electron chi connectivity index (χ2n) is 10.8. The van der Waals surface area contributed by atoms with E-state index in [0.29, 0.717) is 47.9 Å². The Hall–Kier alpha value is -3.87. The number of hydrogen-bond donors (Lipinski definition) is 2. The quantitative estimate of drug-likeness (QED) is 0.121. The summed E-state index contributed by atoms with van der Waals surface area (Å²) in [5.41, 5.74) is 2.33. The lowest BCUT2D eigenvalue weighted by atomic mass is 9.90. The van der Waals surface area contributed by atoms with Crippen LogP contribution in [-0.2, 0) is 27.2 Å². The van der Waals surface area contributed by atoms with Crippen molar-refractivity contribution in [2.75, 3.05) is 18.4 Å². The Bertz CT molecular complexity index is 1800. The predicted molar refractivity (Wildman–Crippen MR) is 173 cm³/mol. The number of fused-ring (bicyclic) bond motifs is 1. The van der Waals surface area contributed by atoms with E-state index in [1.54, 1.807) is 18.5 Å². The number of aromatic nitrogens is 3. The van der Waals surface area contributed by atoms with Gasteiger partial charge < -0.3 is 20.1 Å². The molecule has 0 radical (unpaired) electrons. The Kier molecular flexibility index (Phi) is 10.2. The van der Waals surface area contributed by atoms with Crippen molar-refractivity contribution in [3.8, 4) is 5.75 Å². The van der Waals surface area contributed by atoms with Crippen LogP contribution >= 0.6 is 15.9 Å². The number of anilines is 2. The van der Waals surface area contributed by atoms with E-state index < -0.39 is 15.9 Å². The molecule has 2 aromatic heterocycles. The van der Waals surface area contributed by atoms with Crippen molar-refractivity contribution in [3.05, 3.63) is 94.9 Å². The van der Waals surface area contributed by atoms with Gasteiger partial charge in [0.05, 0.1) is 33.0 Å². The highest BCUT2D eigenvalue weighted by molar-refractivity contribution is 9.10. The van der Waals surface area contributed by atoms with Crippen LogP contribution < -0.4 is 15.4 Å². The van der Waals surface area contributed by atoms with Crippen molar-refractivity contribution >= 4 is 53.5 Å². The summed E-state index contributed by atoms with van der Waals surface area (Å²) < 4.78 is 49.2. The van der Waals surface area contributed by atoms with Gasteiger partial charge in [-0.3, -0.25) is 4.98 Å². The molecule has 1 aliphatic heterocycles. The summed E-state index contributed by atoms with van der Waals surface area (Å²) in [5, 5.41) is 7.43. The Morgan fingerprint density at radius 2 is 2.02 bits per heavy atom. The van der Waals surface area contributed by atoms with E-state index >= 15 is 0 Å². The van der Waals surface area contributed by atoms with Crippen molar-refractivity contribution in [3.63, 3.8) is 0 Å². The van der Waals surface area contributed by atoms with E-state index in [9.17, 15) is 12.8 Å². The first-order chi connectivity index (χ1) is 21.2. The Morgan fingerprint density at radius 3 is 2.75 bits per heavy atom. The maximum absolute atomic E-state index is 13.5. The number of nitrogens with zero attached hydrogens (tertiary/aromatic N) is 3. The average Bonchev–Trinajstić information content (AvgIpc) is 3.48. The van der Waals surface area contributed by atoms with Crippen LogP contribution in [0.4, 0.5) is 15.9 Å². The Labute approximate surface area is 265 Å². The number of pyridine rings is 1. The summed E-state index contributed by atoms with van der Waals surface area (Å²) in [7, 11) is -2.20. The van der Waals surface area contributed by atoms with Crippen LogP contribution in [0.25, 0.3) is 10.9 Å². The third-order valence-electron chi connectivity index (χ3n) is 7.40. The van der Waals surface area contributed by atoms with E-state index in [1.807, 2.05) is 50.3 Å². The van der Waals surface area contributed by atoms with E-state index in [0.717, 1.165) is 33.2 Å². The van der Waals surface area contributed by atoms with Gasteiger partial charge in [0, 0.05) is 24.0 Å². The van der Waals surface area contributed by atoms with Crippen LogP contribution in [0.2, 0.25) is 0 Å². The van der Waals surface area contributed by atoms with E-state index in [1.165, 1.54) is 18.5 Å². The summed E-state index contributed by atoms with van der Waals surface area (Å²) in [4.78, 5) is 14.1. The number of halogens is 2. The number of hydrogen-bond acceptors (Lipinski definition) is 9. The molecule has 0 aliphatic carbocycles. The smallest absolute Gasteiger partial charge is 0.214 e. The van der Waals surface area contributed by atoms with Crippen molar-refractivity contribution in [2.24, 2.45) is 5.92 Å². The lowest BCUT2D eigenvalue weighted by molar-refractivity contribution is 0.0265. The van der Waals surface area contributed by atoms with Gasteiger partial charge >= 0.3 is 0 Å². The first-order valence-corrected chi connectivity index (χ1v) is 16.1. The molecule has 2 aromatic carbocycles. The maximum Gasteiger partial charge on any atom is 0.214 e. The maximum atomic E-state index is 13.5. The van der Waals surface area contributed by atoms with Gasteiger partial charge in [0.15, 0.2) is 5.60 Å². The SMILES string of the molecule is CC(C)C(CNCCCC1(c2cc3c(Nc4ccc(OCc5cccc(F)c5)c(Br)c4)ncnc3cn2)CC=CO1)=S(=O)=O. The van der Waals surface area contributed by atoms with Gasteiger partial charge in [-0.25, -0.2) is 14.4 Å². The summed E-state index contributed by atoms with van der Waals surface area (Å²) in [5.74, 6) is 0.898. The van der Waals surface area contributed by atoms with Crippen molar-refractivity contribution < 1.29 is 22.3 Å². The van der Waals surface area contributed by atoms with Gasteiger partial charge in [0.25, 0.3) is 0 Å². The number of benzene rings is 2. The van der Waals surface area contributed by atoms with E-state index in [-0.39, 0.29) is 18.3 Å². The van der Waals surface area contributed by atoms with Crippen molar-refractivity contribution in [1.82, 2.24) is 20.3 Å². The molecule has 9 nitrogen and oxygen atoms in total. The molecule has 2 N–H and O–H groups in total. The normalized spacial score (nSPS) is 15.8. The monoisotopic (exact) mass is 681 g/mol.